The molecule has 0 saturated carbocycles. The summed E-state index contributed by atoms with van der Waals surface area (Å²) in [6.07, 6.45) is 0. The molecule has 0 bridgehead atoms. The number of carbonyl (C=O) groups is 1. The van der Waals surface area contributed by atoms with Crippen LogP contribution in [0.4, 0.5) is 10.1 Å². The molecule has 0 saturated heterocycles. The second kappa shape index (κ2) is 5.59. The van der Waals surface area contributed by atoms with E-state index in [9.17, 15) is 14.3 Å². The molecule has 0 fully saturated rings. The summed E-state index contributed by atoms with van der Waals surface area (Å²) in [4.78, 5) is 11.9. The summed E-state index contributed by atoms with van der Waals surface area (Å²) in [5.41, 5.74) is 0.354. The molecular weight excluding hydrogens is 337 g/mol. The van der Waals surface area contributed by atoms with Gasteiger partial charge in [0, 0.05) is 10.2 Å². The van der Waals surface area contributed by atoms with Crippen LogP contribution in [-0.4, -0.2) is 11.0 Å². The van der Waals surface area contributed by atoms with E-state index in [0.717, 1.165) is 6.07 Å². The minimum absolute atomic E-state index is 0.0236. The van der Waals surface area contributed by atoms with Crippen molar-refractivity contribution in [2.24, 2.45) is 0 Å². The highest BCUT2D eigenvalue weighted by atomic mass is 79.9. The number of anilines is 1. The van der Waals surface area contributed by atoms with Crippen LogP contribution in [0.15, 0.2) is 40.9 Å². The highest BCUT2D eigenvalue weighted by Crippen LogP contribution is 2.24. The van der Waals surface area contributed by atoms with Gasteiger partial charge in [-0.05, 0) is 36.4 Å². The van der Waals surface area contributed by atoms with Gasteiger partial charge < -0.3 is 10.4 Å². The number of hydrogen-bond donors (Lipinski definition) is 2. The molecule has 1 amide bonds. The number of benzene rings is 2. The average Bonchev–Trinajstić information content (AvgIpc) is 2.33. The lowest BCUT2D eigenvalue weighted by Gasteiger charge is -2.07. The molecule has 0 unspecified atom stereocenters. The molecule has 2 rings (SSSR count). The summed E-state index contributed by atoms with van der Waals surface area (Å²) in [5.74, 6) is -1.33. The first-order valence-electron chi connectivity index (χ1n) is 5.22. The van der Waals surface area contributed by atoms with Crippen LogP contribution in [0.1, 0.15) is 10.4 Å². The van der Waals surface area contributed by atoms with Gasteiger partial charge in [-0.1, -0.05) is 27.5 Å². The number of carbonyl (C=O) groups excluding carboxylic acids is 1. The van der Waals surface area contributed by atoms with Gasteiger partial charge in [-0.3, -0.25) is 4.79 Å². The lowest BCUT2D eigenvalue weighted by atomic mass is 10.2. The zero-order valence-corrected chi connectivity index (χ0v) is 11.8. The summed E-state index contributed by atoms with van der Waals surface area (Å²) in [6, 6.07) is 8.40. The van der Waals surface area contributed by atoms with Crippen molar-refractivity contribution in [3.05, 3.63) is 57.3 Å². The van der Waals surface area contributed by atoms with Crippen molar-refractivity contribution in [3.8, 4) is 5.75 Å². The maximum Gasteiger partial charge on any atom is 0.259 e. The van der Waals surface area contributed by atoms with E-state index in [1.807, 2.05) is 0 Å². The molecule has 3 nitrogen and oxygen atoms in total. The van der Waals surface area contributed by atoms with Crippen molar-refractivity contribution in [2.75, 3.05) is 5.32 Å². The molecule has 2 aromatic carbocycles. The Morgan fingerprint density at radius 3 is 2.63 bits per heavy atom. The molecule has 0 atom stereocenters. The van der Waals surface area contributed by atoms with Gasteiger partial charge in [0.15, 0.2) is 0 Å². The Morgan fingerprint density at radius 1 is 1.26 bits per heavy atom. The summed E-state index contributed by atoms with van der Waals surface area (Å²) in [7, 11) is 0. The summed E-state index contributed by atoms with van der Waals surface area (Å²) < 4.78 is 13.9. The SMILES string of the molecule is O=C(Nc1ccc(Cl)c(F)c1)c1ccc(Br)cc1O. The second-order valence-electron chi connectivity index (χ2n) is 3.74. The van der Waals surface area contributed by atoms with Crippen LogP contribution < -0.4 is 5.32 Å². The third-order valence-electron chi connectivity index (χ3n) is 2.38. The van der Waals surface area contributed by atoms with Crippen LogP contribution in [0, 0.1) is 5.82 Å². The fourth-order valence-electron chi connectivity index (χ4n) is 1.47. The molecule has 98 valence electrons. The third-order valence-corrected chi connectivity index (χ3v) is 3.18. The van der Waals surface area contributed by atoms with Crippen molar-refractivity contribution in [2.45, 2.75) is 0 Å². The predicted octanol–water partition coefficient (Wildman–Crippen LogP) is 4.20. The van der Waals surface area contributed by atoms with Gasteiger partial charge in [0.25, 0.3) is 5.91 Å². The number of hydrogen-bond acceptors (Lipinski definition) is 2. The Kier molecular flexibility index (Phi) is 4.07. The fraction of sp³-hybridized carbons (Fsp3) is 0. The summed E-state index contributed by atoms with van der Waals surface area (Å²) in [5, 5.41) is 12.1. The van der Waals surface area contributed by atoms with Gasteiger partial charge in [0.2, 0.25) is 0 Å². The molecule has 0 heterocycles. The molecular formula is C13H8BrClFNO2. The maximum absolute atomic E-state index is 13.2. The normalized spacial score (nSPS) is 10.3. The zero-order valence-electron chi connectivity index (χ0n) is 9.45. The molecule has 2 aromatic rings. The average molecular weight is 345 g/mol. The Morgan fingerprint density at radius 2 is 2.00 bits per heavy atom. The van der Waals surface area contributed by atoms with Gasteiger partial charge in [-0.15, -0.1) is 0 Å². The van der Waals surface area contributed by atoms with E-state index in [1.165, 1.54) is 24.3 Å². The van der Waals surface area contributed by atoms with Gasteiger partial charge >= 0.3 is 0 Å². The smallest absolute Gasteiger partial charge is 0.259 e. The van der Waals surface area contributed by atoms with E-state index >= 15 is 0 Å². The van der Waals surface area contributed by atoms with E-state index in [4.69, 9.17) is 11.6 Å². The van der Waals surface area contributed by atoms with E-state index < -0.39 is 11.7 Å². The minimum atomic E-state index is -0.625. The first-order chi connectivity index (χ1) is 8.97. The lowest BCUT2D eigenvalue weighted by Crippen LogP contribution is -2.12. The number of aromatic hydroxyl groups is 1. The number of amides is 1. The van der Waals surface area contributed by atoms with Crippen molar-refractivity contribution >= 4 is 39.1 Å². The van der Waals surface area contributed by atoms with Crippen molar-refractivity contribution < 1.29 is 14.3 Å². The number of halogens is 3. The van der Waals surface area contributed by atoms with Crippen LogP contribution in [0.5, 0.6) is 5.75 Å². The van der Waals surface area contributed by atoms with Crippen LogP contribution in [0.3, 0.4) is 0 Å². The van der Waals surface area contributed by atoms with E-state index in [2.05, 4.69) is 21.2 Å². The topological polar surface area (TPSA) is 49.3 Å². The Bertz CT molecular complexity index is 649. The molecule has 0 aliphatic heterocycles. The number of phenolic OH excluding ortho intramolecular Hbond substituents is 1. The van der Waals surface area contributed by atoms with Gasteiger partial charge in [0.1, 0.15) is 11.6 Å². The Labute approximate surface area is 122 Å². The molecule has 0 aliphatic carbocycles. The van der Waals surface area contributed by atoms with Crippen molar-refractivity contribution in [1.29, 1.82) is 0 Å². The van der Waals surface area contributed by atoms with Crippen LogP contribution in [0.2, 0.25) is 5.02 Å². The Hall–Kier alpha value is -1.59. The molecule has 0 radical (unpaired) electrons. The van der Waals surface area contributed by atoms with E-state index in [1.54, 1.807) is 6.07 Å². The summed E-state index contributed by atoms with van der Waals surface area (Å²) >= 11 is 8.72. The lowest BCUT2D eigenvalue weighted by molar-refractivity contribution is 0.102. The van der Waals surface area contributed by atoms with Crippen LogP contribution in [0.25, 0.3) is 0 Å². The largest absolute Gasteiger partial charge is 0.507 e. The highest BCUT2D eigenvalue weighted by molar-refractivity contribution is 9.10. The molecule has 0 spiro atoms. The van der Waals surface area contributed by atoms with Gasteiger partial charge in [0.05, 0.1) is 10.6 Å². The molecule has 6 heteroatoms. The third kappa shape index (κ3) is 3.24. The first-order valence-corrected chi connectivity index (χ1v) is 6.39. The van der Waals surface area contributed by atoms with E-state index in [0.29, 0.717) is 4.47 Å². The monoisotopic (exact) mass is 343 g/mol. The van der Waals surface area contributed by atoms with Crippen molar-refractivity contribution in [1.82, 2.24) is 0 Å². The second-order valence-corrected chi connectivity index (χ2v) is 5.07. The van der Waals surface area contributed by atoms with Crippen LogP contribution >= 0.6 is 27.5 Å². The molecule has 2 N–H and O–H groups in total. The molecule has 0 aromatic heterocycles. The number of nitrogens with one attached hydrogen (secondary N) is 1. The standard InChI is InChI=1S/C13H8BrClFNO2/c14-7-1-3-9(12(18)5-7)13(19)17-8-2-4-10(15)11(16)6-8/h1-6,18H,(H,17,19). The van der Waals surface area contributed by atoms with E-state index in [-0.39, 0.29) is 22.0 Å². The highest BCUT2D eigenvalue weighted by Gasteiger charge is 2.12. The number of rotatable bonds is 2. The minimum Gasteiger partial charge on any atom is -0.507 e. The van der Waals surface area contributed by atoms with Crippen molar-refractivity contribution in [3.63, 3.8) is 0 Å². The first kappa shape index (κ1) is 13.8. The quantitative estimate of drug-likeness (QED) is 0.858. The molecule has 19 heavy (non-hydrogen) atoms. The van der Waals surface area contributed by atoms with Gasteiger partial charge in [-0.25, -0.2) is 4.39 Å². The Balaban J connectivity index is 2.23. The van der Waals surface area contributed by atoms with Crippen LogP contribution in [-0.2, 0) is 0 Å². The van der Waals surface area contributed by atoms with Gasteiger partial charge in [-0.2, -0.15) is 0 Å². The predicted molar refractivity (Wildman–Crippen MR) is 75.2 cm³/mol. The maximum atomic E-state index is 13.2. The zero-order chi connectivity index (χ0) is 14.0. The summed E-state index contributed by atoms with van der Waals surface area (Å²) in [6.45, 7) is 0. The fourth-order valence-corrected chi connectivity index (χ4v) is 1.94. The number of phenols is 1. The molecule has 0 aliphatic rings.